The average molecular weight is 134 g/mol. The fourth-order valence-corrected chi connectivity index (χ4v) is 0.188. The molecule has 1 atom stereocenters. The van der Waals surface area contributed by atoms with E-state index in [1.807, 2.05) is 0 Å². The van der Waals surface area contributed by atoms with Gasteiger partial charge in [0.2, 0.25) is 0 Å². The number of methoxy groups -OCH3 is 1. The minimum absolute atomic E-state index is 0.844. The third kappa shape index (κ3) is 3.52. The third-order valence-corrected chi connectivity index (χ3v) is 0.561. The van der Waals surface area contributed by atoms with Gasteiger partial charge in [0, 0.05) is 0 Å². The van der Waals surface area contributed by atoms with Crippen LogP contribution in [0.3, 0.4) is 0 Å². The molecule has 0 saturated heterocycles. The highest BCUT2D eigenvalue weighted by Gasteiger charge is 2.06. The van der Waals surface area contributed by atoms with Crippen molar-refractivity contribution >= 4 is 6.16 Å². The summed E-state index contributed by atoms with van der Waals surface area (Å²) in [6.45, 7) is 3.04. The Morgan fingerprint density at radius 2 is 2.44 bits per heavy atom. The van der Waals surface area contributed by atoms with Crippen LogP contribution < -0.4 is 0 Å². The van der Waals surface area contributed by atoms with Crippen LogP contribution in [0.2, 0.25) is 0 Å². The zero-order chi connectivity index (χ0) is 7.28. The summed E-state index contributed by atoms with van der Waals surface area (Å²) in [5, 5.41) is 0. The first-order chi connectivity index (χ1) is 4.20. The molecular formula is C5H7FO3. The van der Waals surface area contributed by atoms with Crippen molar-refractivity contribution in [1.29, 1.82) is 0 Å². The van der Waals surface area contributed by atoms with E-state index in [-0.39, 0.29) is 0 Å². The molecule has 0 aliphatic heterocycles. The normalized spacial score (nSPS) is 11.8. The van der Waals surface area contributed by atoms with Gasteiger partial charge in [-0.1, -0.05) is 6.58 Å². The average Bonchev–Trinajstić information content (AvgIpc) is 1.87. The lowest BCUT2D eigenvalue weighted by atomic mass is 10.7. The van der Waals surface area contributed by atoms with Crippen molar-refractivity contribution in [2.45, 2.75) is 6.36 Å². The van der Waals surface area contributed by atoms with E-state index >= 15 is 0 Å². The largest absolute Gasteiger partial charge is 0.510 e. The van der Waals surface area contributed by atoms with Crippen LogP contribution in [0.15, 0.2) is 12.7 Å². The SMILES string of the molecule is C=CC(F)OC(=O)OC. The van der Waals surface area contributed by atoms with Crippen LogP contribution in [0.4, 0.5) is 9.18 Å². The molecule has 0 N–H and O–H groups in total. The summed E-state index contributed by atoms with van der Waals surface area (Å²) in [5.41, 5.74) is 0. The van der Waals surface area contributed by atoms with E-state index in [0.717, 1.165) is 13.2 Å². The van der Waals surface area contributed by atoms with Crippen molar-refractivity contribution < 1.29 is 18.7 Å². The van der Waals surface area contributed by atoms with Gasteiger partial charge in [0.1, 0.15) is 0 Å². The van der Waals surface area contributed by atoms with Crippen molar-refractivity contribution in [2.24, 2.45) is 0 Å². The molecule has 9 heavy (non-hydrogen) atoms. The Morgan fingerprint density at radius 3 is 2.78 bits per heavy atom. The van der Waals surface area contributed by atoms with Gasteiger partial charge in [-0.25, -0.2) is 4.79 Å². The molecule has 3 nitrogen and oxygen atoms in total. The number of alkyl halides is 1. The molecule has 0 aliphatic carbocycles. The lowest BCUT2D eigenvalue weighted by Crippen LogP contribution is -2.10. The zero-order valence-electron chi connectivity index (χ0n) is 4.96. The Hall–Kier alpha value is -1.06. The zero-order valence-corrected chi connectivity index (χ0v) is 4.96. The van der Waals surface area contributed by atoms with Crippen LogP contribution in [-0.4, -0.2) is 19.6 Å². The molecule has 0 amide bonds. The molecule has 0 aliphatic rings. The molecule has 0 heterocycles. The third-order valence-electron chi connectivity index (χ3n) is 0.561. The van der Waals surface area contributed by atoms with E-state index in [1.165, 1.54) is 0 Å². The van der Waals surface area contributed by atoms with Crippen molar-refractivity contribution in [1.82, 2.24) is 0 Å². The number of hydrogen-bond acceptors (Lipinski definition) is 3. The minimum Gasteiger partial charge on any atom is -0.438 e. The predicted octanol–water partition coefficient (Wildman–Crippen LogP) is 1.25. The monoisotopic (exact) mass is 134 g/mol. The first kappa shape index (κ1) is 7.94. The Balaban J connectivity index is 3.46. The van der Waals surface area contributed by atoms with Gasteiger partial charge in [0.15, 0.2) is 0 Å². The van der Waals surface area contributed by atoms with Crippen molar-refractivity contribution in [3.63, 3.8) is 0 Å². The smallest absolute Gasteiger partial charge is 0.438 e. The molecule has 52 valence electrons. The minimum atomic E-state index is -1.78. The number of rotatable bonds is 2. The Kier molecular flexibility index (Phi) is 3.43. The van der Waals surface area contributed by atoms with Crippen LogP contribution in [0.5, 0.6) is 0 Å². The van der Waals surface area contributed by atoms with Crippen LogP contribution in [0, 0.1) is 0 Å². The van der Waals surface area contributed by atoms with Gasteiger partial charge in [-0.05, 0) is 6.08 Å². The molecule has 0 saturated carbocycles. The number of carbonyl (C=O) groups excluding carboxylic acids is 1. The number of hydrogen-bond donors (Lipinski definition) is 0. The Bertz CT molecular complexity index is 113. The summed E-state index contributed by atoms with van der Waals surface area (Å²) in [7, 11) is 1.10. The fraction of sp³-hybridized carbons (Fsp3) is 0.400. The molecular weight excluding hydrogens is 127 g/mol. The number of ether oxygens (including phenoxy) is 2. The maximum absolute atomic E-state index is 11.9. The van der Waals surface area contributed by atoms with Gasteiger partial charge in [-0.15, -0.1) is 0 Å². The van der Waals surface area contributed by atoms with Gasteiger partial charge in [0.05, 0.1) is 7.11 Å². The van der Waals surface area contributed by atoms with Gasteiger partial charge >= 0.3 is 6.16 Å². The molecule has 0 bridgehead atoms. The summed E-state index contributed by atoms with van der Waals surface area (Å²) in [5.74, 6) is 0. The first-order valence-electron chi connectivity index (χ1n) is 2.22. The van der Waals surface area contributed by atoms with Crippen LogP contribution in [0.25, 0.3) is 0 Å². The van der Waals surface area contributed by atoms with Crippen molar-refractivity contribution in [3.05, 3.63) is 12.7 Å². The molecule has 0 spiro atoms. The van der Waals surface area contributed by atoms with Gasteiger partial charge in [-0.3, -0.25) is 0 Å². The van der Waals surface area contributed by atoms with Crippen molar-refractivity contribution in [2.75, 3.05) is 7.11 Å². The van der Waals surface area contributed by atoms with E-state index in [2.05, 4.69) is 16.1 Å². The highest BCUT2D eigenvalue weighted by Crippen LogP contribution is 1.95. The maximum atomic E-state index is 11.9. The maximum Gasteiger partial charge on any atom is 0.510 e. The van der Waals surface area contributed by atoms with E-state index in [1.54, 1.807) is 0 Å². The van der Waals surface area contributed by atoms with Crippen LogP contribution in [0.1, 0.15) is 0 Å². The highest BCUT2D eigenvalue weighted by molar-refractivity contribution is 5.59. The van der Waals surface area contributed by atoms with E-state index in [4.69, 9.17) is 0 Å². The number of carbonyl (C=O) groups is 1. The molecule has 0 aromatic heterocycles. The molecule has 1 unspecified atom stereocenters. The van der Waals surface area contributed by atoms with E-state index in [0.29, 0.717) is 0 Å². The fourth-order valence-electron chi connectivity index (χ4n) is 0.188. The van der Waals surface area contributed by atoms with E-state index < -0.39 is 12.5 Å². The standard InChI is InChI=1S/C5H7FO3/c1-3-4(6)9-5(7)8-2/h3-4H,1H2,2H3. The summed E-state index contributed by atoms with van der Waals surface area (Å²) in [4.78, 5) is 10.0. The second kappa shape index (κ2) is 3.88. The highest BCUT2D eigenvalue weighted by atomic mass is 19.1. The van der Waals surface area contributed by atoms with Crippen LogP contribution >= 0.6 is 0 Å². The lowest BCUT2D eigenvalue weighted by Gasteiger charge is -2.01. The quantitative estimate of drug-likeness (QED) is 0.421. The van der Waals surface area contributed by atoms with Crippen LogP contribution in [-0.2, 0) is 9.47 Å². The van der Waals surface area contributed by atoms with Gasteiger partial charge < -0.3 is 9.47 Å². The predicted molar refractivity (Wildman–Crippen MR) is 28.6 cm³/mol. The van der Waals surface area contributed by atoms with Crippen molar-refractivity contribution in [3.8, 4) is 0 Å². The first-order valence-corrected chi connectivity index (χ1v) is 2.22. The van der Waals surface area contributed by atoms with Gasteiger partial charge in [-0.2, -0.15) is 4.39 Å². The molecule has 0 radical (unpaired) electrons. The summed E-state index contributed by atoms with van der Waals surface area (Å²) in [6, 6.07) is 0. The van der Waals surface area contributed by atoms with Gasteiger partial charge in [0.25, 0.3) is 6.36 Å². The molecule has 0 aromatic rings. The molecule has 0 rings (SSSR count). The summed E-state index contributed by atoms with van der Waals surface area (Å²) < 4.78 is 19.8. The second-order valence-corrected chi connectivity index (χ2v) is 1.16. The number of halogens is 1. The lowest BCUT2D eigenvalue weighted by molar-refractivity contribution is 0.00301. The molecule has 0 fully saturated rings. The summed E-state index contributed by atoms with van der Waals surface area (Å²) >= 11 is 0. The summed E-state index contributed by atoms with van der Waals surface area (Å²) in [6.07, 6.45) is -1.99. The molecule has 4 heteroatoms. The Labute approximate surface area is 52.1 Å². The van der Waals surface area contributed by atoms with E-state index in [9.17, 15) is 9.18 Å². The topological polar surface area (TPSA) is 35.5 Å². The Morgan fingerprint density at radius 1 is 1.89 bits per heavy atom. The second-order valence-electron chi connectivity index (χ2n) is 1.16. The molecule has 0 aromatic carbocycles.